The van der Waals surface area contributed by atoms with Gasteiger partial charge in [0.05, 0.1) is 5.54 Å². The van der Waals surface area contributed by atoms with E-state index in [1.54, 1.807) is 0 Å². The molecule has 0 bridgehead atoms. The molecule has 0 radical (unpaired) electrons. The summed E-state index contributed by atoms with van der Waals surface area (Å²) in [5, 5.41) is 3.02. The van der Waals surface area contributed by atoms with Crippen LogP contribution in [0.5, 0.6) is 0 Å². The highest BCUT2D eigenvalue weighted by atomic mass is 35.5. The van der Waals surface area contributed by atoms with Crippen LogP contribution in [0.3, 0.4) is 0 Å². The van der Waals surface area contributed by atoms with Crippen LogP contribution in [0.15, 0.2) is 18.2 Å². The van der Waals surface area contributed by atoms with Crippen molar-refractivity contribution >= 4 is 17.5 Å². The Morgan fingerprint density at radius 3 is 2.62 bits per heavy atom. The van der Waals surface area contributed by atoms with Gasteiger partial charge in [0.2, 0.25) is 0 Å². The minimum Gasteiger partial charge on any atom is -0.345 e. The zero-order chi connectivity index (χ0) is 11.8. The summed E-state index contributed by atoms with van der Waals surface area (Å²) in [6, 6.07) is 5.86. The molecule has 1 aliphatic rings. The van der Waals surface area contributed by atoms with Crippen LogP contribution < -0.4 is 5.32 Å². The standard InChI is InChI=1S/C13H16ClNO/c1-9-3-4-11(10(2)7-9)12(16)15-13(8-14)5-6-13/h3-4,7H,5-6,8H2,1-2H3,(H,15,16). The van der Waals surface area contributed by atoms with Gasteiger partial charge in [-0.3, -0.25) is 4.79 Å². The van der Waals surface area contributed by atoms with E-state index in [-0.39, 0.29) is 11.4 Å². The van der Waals surface area contributed by atoms with Crippen LogP contribution in [0.4, 0.5) is 0 Å². The molecule has 1 saturated carbocycles. The molecule has 0 heterocycles. The van der Waals surface area contributed by atoms with Crippen LogP contribution in [0.1, 0.15) is 34.3 Å². The number of carbonyl (C=O) groups excluding carboxylic acids is 1. The van der Waals surface area contributed by atoms with Crippen molar-refractivity contribution in [3.8, 4) is 0 Å². The lowest BCUT2D eigenvalue weighted by Gasteiger charge is -2.15. The second-order valence-corrected chi connectivity index (χ2v) is 4.95. The first kappa shape index (κ1) is 11.5. The van der Waals surface area contributed by atoms with E-state index in [2.05, 4.69) is 5.32 Å². The van der Waals surface area contributed by atoms with Gasteiger partial charge in [-0.25, -0.2) is 0 Å². The predicted octanol–water partition coefficient (Wildman–Crippen LogP) is 2.80. The number of halogens is 1. The summed E-state index contributed by atoms with van der Waals surface area (Å²) in [4.78, 5) is 12.0. The summed E-state index contributed by atoms with van der Waals surface area (Å²) in [5.74, 6) is 0.500. The topological polar surface area (TPSA) is 29.1 Å². The van der Waals surface area contributed by atoms with Gasteiger partial charge in [-0.2, -0.15) is 0 Å². The molecule has 2 nitrogen and oxygen atoms in total. The Bertz CT molecular complexity index is 424. The lowest BCUT2D eigenvalue weighted by molar-refractivity contribution is 0.0935. The summed E-state index contributed by atoms with van der Waals surface area (Å²) in [7, 11) is 0. The van der Waals surface area contributed by atoms with Gasteiger partial charge in [0.15, 0.2) is 0 Å². The molecule has 1 N–H and O–H groups in total. The molecule has 1 amide bonds. The van der Waals surface area contributed by atoms with Gasteiger partial charge >= 0.3 is 0 Å². The fourth-order valence-corrected chi connectivity index (χ4v) is 2.15. The van der Waals surface area contributed by atoms with Gasteiger partial charge in [-0.05, 0) is 38.3 Å². The number of benzene rings is 1. The number of hydrogen-bond donors (Lipinski definition) is 1. The maximum Gasteiger partial charge on any atom is 0.252 e. The number of carbonyl (C=O) groups is 1. The number of aryl methyl sites for hydroxylation is 2. The van der Waals surface area contributed by atoms with Gasteiger partial charge in [-0.1, -0.05) is 17.7 Å². The highest BCUT2D eigenvalue weighted by Crippen LogP contribution is 2.36. The molecule has 86 valence electrons. The summed E-state index contributed by atoms with van der Waals surface area (Å²) in [6.45, 7) is 3.98. The van der Waals surface area contributed by atoms with E-state index in [0.29, 0.717) is 5.88 Å². The largest absolute Gasteiger partial charge is 0.345 e. The minimum absolute atomic E-state index is 0.00403. The Balaban J connectivity index is 2.15. The van der Waals surface area contributed by atoms with Gasteiger partial charge in [0.25, 0.3) is 5.91 Å². The third kappa shape index (κ3) is 2.22. The van der Waals surface area contributed by atoms with Crippen LogP contribution in [-0.4, -0.2) is 17.3 Å². The van der Waals surface area contributed by atoms with Crippen molar-refractivity contribution in [2.45, 2.75) is 32.2 Å². The molecular formula is C13H16ClNO. The van der Waals surface area contributed by atoms with E-state index in [4.69, 9.17) is 11.6 Å². The molecule has 0 saturated heterocycles. The van der Waals surface area contributed by atoms with E-state index >= 15 is 0 Å². The van der Waals surface area contributed by atoms with Crippen LogP contribution >= 0.6 is 11.6 Å². The van der Waals surface area contributed by atoms with E-state index in [0.717, 1.165) is 24.0 Å². The summed E-state index contributed by atoms with van der Waals surface area (Å²) < 4.78 is 0. The molecule has 0 aromatic heterocycles. The Labute approximate surface area is 101 Å². The number of alkyl halides is 1. The fourth-order valence-electron chi connectivity index (χ4n) is 1.82. The molecule has 1 aliphatic carbocycles. The molecular weight excluding hydrogens is 222 g/mol. The van der Waals surface area contributed by atoms with Crippen molar-refractivity contribution < 1.29 is 4.79 Å². The fraction of sp³-hybridized carbons (Fsp3) is 0.462. The summed E-state index contributed by atoms with van der Waals surface area (Å²) in [6.07, 6.45) is 1.99. The van der Waals surface area contributed by atoms with Crippen LogP contribution in [0.25, 0.3) is 0 Å². The Morgan fingerprint density at radius 2 is 2.12 bits per heavy atom. The molecule has 0 atom stereocenters. The first-order valence-corrected chi connectivity index (χ1v) is 6.05. The van der Waals surface area contributed by atoms with E-state index < -0.39 is 0 Å². The Kier molecular flexibility index (Phi) is 2.94. The highest BCUT2D eigenvalue weighted by molar-refractivity contribution is 6.19. The van der Waals surface area contributed by atoms with Gasteiger partial charge < -0.3 is 5.32 Å². The van der Waals surface area contributed by atoms with Crippen molar-refractivity contribution in [1.82, 2.24) is 5.32 Å². The second-order valence-electron chi connectivity index (χ2n) is 4.69. The number of hydrogen-bond acceptors (Lipinski definition) is 1. The summed E-state index contributed by atoms with van der Waals surface area (Å²) in [5.41, 5.74) is 2.81. The second kappa shape index (κ2) is 4.10. The lowest BCUT2D eigenvalue weighted by Crippen LogP contribution is -2.38. The third-order valence-corrected chi connectivity index (χ3v) is 3.63. The Morgan fingerprint density at radius 1 is 1.44 bits per heavy atom. The van der Waals surface area contributed by atoms with E-state index in [9.17, 15) is 4.79 Å². The van der Waals surface area contributed by atoms with Crippen LogP contribution in [-0.2, 0) is 0 Å². The summed E-state index contributed by atoms with van der Waals surface area (Å²) >= 11 is 5.84. The molecule has 1 aromatic carbocycles. The van der Waals surface area contributed by atoms with Crippen LogP contribution in [0.2, 0.25) is 0 Å². The average Bonchev–Trinajstić information content (AvgIpc) is 2.98. The normalized spacial score (nSPS) is 16.9. The number of nitrogens with one attached hydrogen (secondary N) is 1. The average molecular weight is 238 g/mol. The molecule has 16 heavy (non-hydrogen) atoms. The van der Waals surface area contributed by atoms with E-state index in [1.165, 1.54) is 5.56 Å². The maximum absolute atomic E-state index is 12.0. The molecule has 1 fully saturated rings. The van der Waals surface area contributed by atoms with Gasteiger partial charge in [-0.15, -0.1) is 11.6 Å². The van der Waals surface area contributed by atoms with Crippen molar-refractivity contribution in [2.24, 2.45) is 0 Å². The number of rotatable bonds is 3. The van der Waals surface area contributed by atoms with Crippen molar-refractivity contribution in [2.75, 3.05) is 5.88 Å². The zero-order valence-electron chi connectivity index (χ0n) is 9.64. The molecule has 3 heteroatoms. The van der Waals surface area contributed by atoms with E-state index in [1.807, 2.05) is 32.0 Å². The lowest BCUT2D eigenvalue weighted by atomic mass is 10.0. The van der Waals surface area contributed by atoms with Gasteiger partial charge in [0.1, 0.15) is 0 Å². The Hall–Kier alpha value is -1.02. The first-order valence-electron chi connectivity index (χ1n) is 5.52. The van der Waals surface area contributed by atoms with Crippen molar-refractivity contribution in [3.63, 3.8) is 0 Å². The molecule has 2 rings (SSSR count). The minimum atomic E-state index is -0.129. The van der Waals surface area contributed by atoms with Crippen molar-refractivity contribution in [1.29, 1.82) is 0 Å². The monoisotopic (exact) mass is 237 g/mol. The van der Waals surface area contributed by atoms with Crippen LogP contribution in [0, 0.1) is 13.8 Å². The molecule has 0 aliphatic heterocycles. The maximum atomic E-state index is 12.0. The van der Waals surface area contributed by atoms with Gasteiger partial charge in [0, 0.05) is 11.4 Å². The zero-order valence-corrected chi connectivity index (χ0v) is 10.4. The SMILES string of the molecule is Cc1ccc(C(=O)NC2(CCl)CC2)c(C)c1. The first-order chi connectivity index (χ1) is 7.56. The predicted molar refractivity (Wildman–Crippen MR) is 66.1 cm³/mol. The van der Waals surface area contributed by atoms with Crippen molar-refractivity contribution in [3.05, 3.63) is 34.9 Å². The third-order valence-electron chi connectivity index (χ3n) is 3.11. The molecule has 0 unspecified atom stereocenters. The highest BCUT2D eigenvalue weighted by Gasteiger charge is 2.43. The molecule has 0 spiro atoms. The smallest absolute Gasteiger partial charge is 0.252 e. The number of amides is 1. The molecule has 1 aromatic rings. The quantitative estimate of drug-likeness (QED) is 0.805.